The molecule has 1 aromatic rings. The fraction of sp³-hybridized carbons (Fsp3) is 0.462. The fourth-order valence-corrected chi connectivity index (χ4v) is 2.25. The van der Waals surface area contributed by atoms with Gasteiger partial charge in [-0.25, -0.2) is 0 Å². The van der Waals surface area contributed by atoms with Gasteiger partial charge in [-0.2, -0.15) is 0 Å². The van der Waals surface area contributed by atoms with Crippen molar-refractivity contribution in [3.63, 3.8) is 0 Å². The van der Waals surface area contributed by atoms with E-state index in [4.69, 9.17) is 5.73 Å². The Kier molecular flexibility index (Phi) is 4.54. The molecule has 1 aromatic carbocycles. The molecular formula is C13H19ClN2O. The molecule has 0 bridgehead atoms. The van der Waals surface area contributed by atoms with Crippen LogP contribution in [0, 0.1) is 13.8 Å². The molecule has 1 aliphatic rings. The zero-order valence-electron chi connectivity index (χ0n) is 10.3. The van der Waals surface area contributed by atoms with Crippen molar-refractivity contribution >= 4 is 18.3 Å². The number of benzene rings is 1. The summed E-state index contributed by atoms with van der Waals surface area (Å²) in [5.41, 5.74) is 8.85. The third-order valence-corrected chi connectivity index (χ3v) is 2.98. The first-order chi connectivity index (χ1) is 7.56. The lowest BCUT2D eigenvalue weighted by Gasteiger charge is -2.16. The number of carbonyl (C=O) groups excluding carboxylic acids is 1. The van der Waals surface area contributed by atoms with Crippen molar-refractivity contribution in [1.82, 2.24) is 4.90 Å². The minimum atomic E-state index is 0. The second-order valence-electron chi connectivity index (χ2n) is 4.68. The molecule has 0 spiro atoms. The maximum absolute atomic E-state index is 12.2. The molecule has 2 rings (SSSR count). The van der Waals surface area contributed by atoms with E-state index in [0.717, 1.165) is 29.7 Å². The molecule has 94 valence electrons. The largest absolute Gasteiger partial charge is 0.337 e. The highest BCUT2D eigenvalue weighted by molar-refractivity contribution is 5.94. The summed E-state index contributed by atoms with van der Waals surface area (Å²) in [4.78, 5) is 14.0. The van der Waals surface area contributed by atoms with Crippen LogP contribution in [0.25, 0.3) is 0 Å². The van der Waals surface area contributed by atoms with E-state index < -0.39 is 0 Å². The molecule has 0 aromatic heterocycles. The summed E-state index contributed by atoms with van der Waals surface area (Å²) in [6.45, 7) is 5.50. The first kappa shape index (κ1) is 14.0. The molecule has 1 amide bonds. The third-order valence-electron chi connectivity index (χ3n) is 2.98. The quantitative estimate of drug-likeness (QED) is 0.832. The summed E-state index contributed by atoms with van der Waals surface area (Å²) in [7, 11) is 0. The Hall–Kier alpha value is -1.06. The number of aryl methyl sites for hydroxylation is 2. The average Bonchev–Trinajstić information content (AvgIpc) is 2.62. The van der Waals surface area contributed by atoms with Crippen molar-refractivity contribution in [1.29, 1.82) is 0 Å². The fourth-order valence-electron chi connectivity index (χ4n) is 2.25. The van der Waals surface area contributed by atoms with Gasteiger partial charge in [0, 0.05) is 24.7 Å². The number of nitrogens with zero attached hydrogens (tertiary/aromatic N) is 1. The number of hydrogen-bond donors (Lipinski definition) is 1. The molecule has 1 aliphatic heterocycles. The lowest BCUT2D eigenvalue weighted by atomic mass is 10.1. The van der Waals surface area contributed by atoms with E-state index in [0.29, 0.717) is 6.54 Å². The van der Waals surface area contributed by atoms with Gasteiger partial charge in [-0.1, -0.05) is 17.2 Å². The van der Waals surface area contributed by atoms with Crippen molar-refractivity contribution in [3.8, 4) is 0 Å². The van der Waals surface area contributed by atoms with Crippen molar-refractivity contribution in [2.75, 3.05) is 13.1 Å². The van der Waals surface area contributed by atoms with E-state index in [-0.39, 0.29) is 24.4 Å². The topological polar surface area (TPSA) is 46.3 Å². The second-order valence-corrected chi connectivity index (χ2v) is 4.68. The lowest BCUT2D eigenvalue weighted by molar-refractivity contribution is 0.0790. The van der Waals surface area contributed by atoms with E-state index >= 15 is 0 Å². The van der Waals surface area contributed by atoms with Crippen molar-refractivity contribution < 1.29 is 4.79 Å². The molecule has 2 N–H and O–H groups in total. The summed E-state index contributed by atoms with van der Waals surface area (Å²) in [5, 5.41) is 0. The van der Waals surface area contributed by atoms with Gasteiger partial charge in [-0.05, 0) is 32.4 Å². The molecule has 1 fully saturated rings. The molecule has 4 heteroatoms. The van der Waals surface area contributed by atoms with Gasteiger partial charge in [-0.3, -0.25) is 4.79 Å². The van der Waals surface area contributed by atoms with Crippen molar-refractivity contribution in [3.05, 3.63) is 34.9 Å². The number of likely N-dealkylation sites (tertiary alicyclic amines) is 1. The van der Waals surface area contributed by atoms with Gasteiger partial charge in [0.05, 0.1) is 0 Å². The molecule has 1 atom stereocenters. The minimum Gasteiger partial charge on any atom is -0.337 e. The Labute approximate surface area is 108 Å². The van der Waals surface area contributed by atoms with E-state index in [2.05, 4.69) is 6.07 Å². The van der Waals surface area contributed by atoms with Gasteiger partial charge in [0.25, 0.3) is 5.91 Å². The molecule has 0 saturated carbocycles. The van der Waals surface area contributed by atoms with Gasteiger partial charge >= 0.3 is 0 Å². The van der Waals surface area contributed by atoms with Crippen LogP contribution in [0.4, 0.5) is 0 Å². The summed E-state index contributed by atoms with van der Waals surface area (Å²) >= 11 is 0. The van der Waals surface area contributed by atoms with Crippen LogP contribution in [0.1, 0.15) is 27.9 Å². The van der Waals surface area contributed by atoms with Gasteiger partial charge in [0.1, 0.15) is 0 Å². The predicted octanol–water partition coefficient (Wildman–Crippen LogP) is 1.90. The standard InChI is InChI=1S/C13H18N2O.ClH/c1-9-5-10(2)7-11(6-9)13(16)15-4-3-12(14)8-15;/h5-7,12H,3-4,8,14H2,1-2H3;1H. The smallest absolute Gasteiger partial charge is 0.253 e. The molecule has 3 nitrogen and oxygen atoms in total. The maximum Gasteiger partial charge on any atom is 0.253 e. The molecule has 1 heterocycles. The van der Waals surface area contributed by atoms with Crippen LogP contribution in [0.2, 0.25) is 0 Å². The zero-order chi connectivity index (χ0) is 11.7. The average molecular weight is 255 g/mol. The zero-order valence-corrected chi connectivity index (χ0v) is 11.1. The minimum absolute atomic E-state index is 0. The Balaban J connectivity index is 0.00000144. The Morgan fingerprint density at radius 3 is 2.35 bits per heavy atom. The van der Waals surface area contributed by atoms with Gasteiger partial charge in [-0.15, -0.1) is 12.4 Å². The van der Waals surface area contributed by atoms with E-state index in [9.17, 15) is 4.79 Å². The van der Waals surface area contributed by atoms with Gasteiger partial charge in [0.2, 0.25) is 0 Å². The number of nitrogens with two attached hydrogens (primary N) is 1. The summed E-state index contributed by atoms with van der Waals surface area (Å²) in [6.07, 6.45) is 0.913. The SMILES string of the molecule is Cc1cc(C)cc(C(=O)N2CCC(N)C2)c1.Cl. The van der Waals surface area contributed by atoms with Crippen LogP contribution >= 0.6 is 12.4 Å². The number of carbonyl (C=O) groups is 1. The Morgan fingerprint density at radius 1 is 1.29 bits per heavy atom. The molecule has 0 aliphatic carbocycles. The highest BCUT2D eigenvalue weighted by Gasteiger charge is 2.24. The van der Waals surface area contributed by atoms with Crippen LogP contribution in [-0.2, 0) is 0 Å². The highest BCUT2D eigenvalue weighted by atomic mass is 35.5. The first-order valence-corrected chi connectivity index (χ1v) is 5.69. The number of rotatable bonds is 1. The van der Waals surface area contributed by atoms with Crippen LogP contribution < -0.4 is 5.73 Å². The first-order valence-electron chi connectivity index (χ1n) is 5.69. The number of hydrogen-bond acceptors (Lipinski definition) is 2. The monoisotopic (exact) mass is 254 g/mol. The van der Waals surface area contributed by atoms with Crippen LogP contribution in [-0.4, -0.2) is 29.9 Å². The Morgan fingerprint density at radius 2 is 1.88 bits per heavy atom. The van der Waals surface area contributed by atoms with Gasteiger partial charge in [0.15, 0.2) is 0 Å². The maximum atomic E-state index is 12.2. The van der Waals surface area contributed by atoms with E-state index in [1.165, 1.54) is 0 Å². The number of amides is 1. The van der Waals surface area contributed by atoms with Crippen LogP contribution in [0.15, 0.2) is 18.2 Å². The van der Waals surface area contributed by atoms with Crippen LogP contribution in [0.5, 0.6) is 0 Å². The summed E-state index contributed by atoms with van der Waals surface area (Å²) in [6, 6.07) is 6.11. The number of halogens is 1. The van der Waals surface area contributed by atoms with Crippen molar-refractivity contribution in [2.24, 2.45) is 5.73 Å². The van der Waals surface area contributed by atoms with Gasteiger partial charge < -0.3 is 10.6 Å². The molecule has 17 heavy (non-hydrogen) atoms. The lowest BCUT2D eigenvalue weighted by Crippen LogP contribution is -2.31. The third kappa shape index (κ3) is 3.20. The highest BCUT2D eigenvalue weighted by Crippen LogP contribution is 2.15. The summed E-state index contributed by atoms with van der Waals surface area (Å²) < 4.78 is 0. The molecule has 1 unspecified atom stereocenters. The van der Waals surface area contributed by atoms with E-state index in [1.54, 1.807) is 0 Å². The normalized spacial score (nSPS) is 19.0. The molecule has 1 saturated heterocycles. The Bertz CT molecular complexity index is 400. The molecular weight excluding hydrogens is 236 g/mol. The molecule has 0 radical (unpaired) electrons. The van der Waals surface area contributed by atoms with Crippen LogP contribution in [0.3, 0.4) is 0 Å². The predicted molar refractivity (Wildman–Crippen MR) is 71.7 cm³/mol. The van der Waals surface area contributed by atoms with Crippen molar-refractivity contribution in [2.45, 2.75) is 26.3 Å². The van der Waals surface area contributed by atoms with E-state index in [1.807, 2.05) is 30.9 Å². The summed E-state index contributed by atoms with van der Waals surface area (Å²) in [5.74, 6) is 0.111. The second kappa shape index (κ2) is 5.52.